The summed E-state index contributed by atoms with van der Waals surface area (Å²) < 4.78 is 5.73. The van der Waals surface area contributed by atoms with Crippen molar-refractivity contribution in [2.45, 2.75) is 38.2 Å². The zero-order valence-electron chi connectivity index (χ0n) is 10.9. The van der Waals surface area contributed by atoms with Gasteiger partial charge in [-0.3, -0.25) is 0 Å². The standard InChI is InChI=1S/C16H19ClO2/c17-12-7-11-3-4-19-16(11)14(8-12)15(18)13-6-9-1-2-10(13)5-9/h7-10,13,15,18H,1-6H2. The SMILES string of the molecule is OC(c1cc(Cl)cc2c1OCC2)C1CC2CCC1C2. The third-order valence-corrected chi connectivity index (χ3v) is 5.51. The number of aliphatic hydroxyl groups excluding tert-OH is 1. The summed E-state index contributed by atoms with van der Waals surface area (Å²) in [6, 6.07) is 3.88. The fourth-order valence-corrected chi connectivity index (χ4v) is 4.68. The maximum atomic E-state index is 10.8. The smallest absolute Gasteiger partial charge is 0.128 e. The van der Waals surface area contributed by atoms with Gasteiger partial charge in [0.2, 0.25) is 0 Å². The topological polar surface area (TPSA) is 29.5 Å². The van der Waals surface area contributed by atoms with Crippen LogP contribution in [0.3, 0.4) is 0 Å². The van der Waals surface area contributed by atoms with Crippen molar-refractivity contribution in [3.8, 4) is 5.75 Å². The molecule has 1 aromatic carbocycles. The van der Waals surface area contributed by atoms with Crippen molar-refractivity contribution < 1.29 is 9.84 Å². The van der Waals surface area contributed by atoms with E-state index in [0.29, 0.717) is 18.4 Å². The molecule has 0 aromatic heterocycles. The van der Waals surface area contributed by atoms with Crippen LogP contribution in [-0.2, 0) is 6.42 Å². The van der Waals surface area contributed by atoms with Crippen molar-refractivity contribution in [1.82, 2.24) is 0 Å². The van der Waals surface area contributed by atoms with Crippen LogP contribution in [0, 0.1) is 17.8 Å². The molecule has 0 amide bonds. The van der Waals surface area contributed by atoms with Gasteiger partial charge in [0.25, 0.3) is 0 Å². The molecule has 1 aliphatic heterocycles. The van der Waals surface area contributed by atoms with Gasteiger partial charge in [0.15, 0.2) is 0 Å². The first-order chi connectivity index (χ1) is 9.22. The van der Waals surface area contributed by atoms with E-state index in [-0.39, 0.29) is 0 Å². The normalized spacial score (nSPS) is 33.3. The highest BCUT2D eigenvalue weighted by molar-refractivity contribution is 6.30. The third-order valence-electron chi connectivity index (χ3n) is 5.29. The molecule has 2 bridgehead atoms. The third kappa shape index (κ3) is 1.88. The van der Waals surface area contributed by atoms with Gasteiger partial charge in [-0.25, -0.2) is 0 Å². The Bertz CT molecular complexity index is 514. The Hall–Kier alpha value is -0.730. The van der Waals surface area contributed by atoms with Crippen LogP contribution in [0.5, 0.6) is 5.75 Å². The van der Waals surface area contributed by atoms with Gasteiger partial charge in [-0.2, -0.15) is 0 Å². The van der Waals surface area contributed by atoms with E-state index in [1.165, 1.54) is 25.7 Å². The molecular weight excluding hydrogens is 260 g/mol. The maximum absolute atomic E-state index is 10.8. The second kappa shape index (κ2) is 4.39. The van der Waals surface area contributed by atoms with E-state index in [0.717, 1.165) is 34.2 Å². The van der Waals surface area contributed by atoms with Gasteiger partial charge in [-0.05, 0) is 54.7 Å². The van der Waals surface area contributed by atoms with E-state index in [2.05, 4.69) is 0 Å². The lowest BCUT2D eigenvalue weighted by molar-refractivity contribution is 0.0722. The van der Waals surface area contributed by atoms with Crippen LogP contribution >= 0.6 is 11.6 Å². The molecule has 102 valence electrons. The first-order valence-corrected chi connectivity index (χ1v) is 7.73. The van der Waals surface area contributed by atoms with Crippen molar-refractivity contribution in [2.24, 2.45) is 17.8 Å². The number of benzene rings is 1. The Labute approximate surface area is 118 Å². The Morgan fingerprint density at radius 1 is 1.26 bits per heavy atom. The average Bonchev–Trinajstić information content (AvgIpc) is 3.11. The first kappa shape index (κ1) is 12.0. The highest BCUT2D eigenvalue weighted by Crippen LogP contribution is 2.54. The molecule has 2 fully saturated rings. The van der Waals surface area contributed by atoms with Crippen LogP contribution in [0.4, 0.5) is 0 Å². The second-order valence-electron chi connectivity index (χ2n) is 6.37. The highest BCUT2D eigenvalue weighted by atomic mass is 35.5. The molecule has 4 rings (SSSR count). The molecule has 3 heteroatoms. The molecule has 1 aromatic rings. The zero-order valence-corrected chi connectivity index (χ0v) is 11.7. The van der Waals surface area contributed by atoms with E-state index in [9.17, 15) is 5.11 Å². The molecule has 4 atom stereocenters. The number of halogens is 1. The number of fused-ring (bicyclic) bond motifs is 3. The Morgan fingerprint density at radius 3 is 2.89 bits per heavy atom. The minimum atomic E-state index is -0.402. The van der Waals surface area contributed by atoms with Crippen LogP contribution in [0.2, 0.25) is 5.02 Å². The van der Waals surface area contributed by atoms with Crippen molar-refractivity contribution in [1.29, 1.82) is 0 Å². The molecular formula is C16H19ClO2. The fraction of sp³-hybridized carbons (Fsp3) is 0.625. The quantitative estimate of drug-likeness (QED) is 0.893. The van der Waals surface area contributed by atoms with Gasteiger partial charge in [0.1, 0.15) is 5.75 Å². The van der Waals surface area contributed by atoms with Gasteiger partial charge in [-0.1, -0.05) is 18.0 Å². The summed E-state index contributed by atoms with van der Waals surface area (Å²) >= 11 is 6.19. The molecule has 19 heavy (non-hydrogen) atoms. The van der Waals surface area contributed by atoms with E-state index in [1.54, 1.807) is 0 Å². The van der Waals surface area contributed by atoms with Crippen LogP contribution < -0.4 is 4.74 Å². The van der Waals surface area contributed by atoms with Crippen molar-refractivity contribution in [3.63, 3.8) is 0 Å². The summed E-state index contributed by atoms with van der Waals surface area (Å²) in [6.45, 7) is 0.714. The summed E-state index contributed by atoms with van der Waals surface area (Å²) in [6.07, 6.45) is 5.64. The number of hydrogen-bond donors (Lipinski definition) is 1. The lowest BCUT2D eigenvalue weighted by Gasteiger charge is -2.28. The molecule has 0 radical (unpaired) electrons. The lowest BCUT2D eigenvalue weighted by Crippen LogP contribution is -2.19. The van der Waals surface area contributed by atoms with E-state index in [4.69, 9.17) is 16.3 Å². The molecule has 2 aliphatic carbocycles. The molecule has 3 aliphatic rings. The summed E-state index contributed by atoms with van der Waals surface area (Å²) in [5.41, 5.74) is 2.09. The van der Waals surface area contributed by atoms with Crippen LogP contribution in [0.15, 0.2) is 12.1 Å². The molecule has 4 unspecified atom stereocenters. The molecule has 2 nitrogen and oxygen atoms in total. The van der Waals surface area contributed by atoms with Crippen molar-refractivity contribution in [3.05, 3.63) is 28.3 Å². The van der Waals surface area contributed by atoms with Crippen LogP contribution in [-0.4, -0.2) is 11.7 Å². The lowest BCUT2D eigenvalue weighted by atomic mass is 9.81. The Balaban J connectivity index is 1.69. The summed E-state index contributed by atoms with van der Waals surface area (Å²) in [7, 11) is 0. The largest absolute Gasteiger partial charge is 0.493 e. The van der Waals surface area contributed by atoms with Gasteiger partial charge in [0.05, 0.1) is 12.7 Å². The van der Waals surface area contributed by atoms with Crippen LogP contribution in [0.1, 0.15) is 42.9 Å². The first-order valence-electron chi connectivity index (χ1n) is 7.35. The number of ether oxygens (including phenoxy) is 1. The van der Waals surface area contributed by atoms with Crippen molar-refractivity contribution >= 4 is 11.6 Å². The number of hydrogen-bond acceptors (Lipinski definition) is 2. The van der Waals surface area contributed by atoms with E-state index < -0.39 is 6.10 Å². The molecule has 1 heterocycles. The molecule has 0 saturated heterocycles. The predicted molar refractivity (Wildman–Crippen MR) is 74.5 cm³/mol. The fourth-order valence-electron chi connectivity index (χ4n) is 4.43. The van der Waals surface area contributed by atoms with Gasteiger partial charge < -0.3 is 9.84 Å². The van der Waals surface area contributed by atoms with Crippen LogP contribution in [0.25, 0.3) is 0 Å². The summed E-state index contributed by atoms with van der Waals surface area (Å²) in [5.74, 6) is 2.86. The minimum Gasteiger partial charge on any atom is -0.493 e. The monoisotopic (exact) mass is 278 g/mol. The Morgan fingerprint density at radius 2 is 2.16 bits per heavy atom. The molecule has 2 saturated carbocycles. The number of rotatable bonds is 2. The summed E-state index contributed by atoms with van der Waals surface area (Å²) in [4.78, 5) is 0. The van der Waals surface area contributed by atoms with E-state index in [1.807, 2.05) is 12.1 Å². The van der Waals surface area contributed by atoms with Gasteiger partial charge in [0, 0.05) is 17.0 Å². The summed E-state index contributed by atoms with van der Waals surface area (Å²) in [5, 5.41) is 11.5. The second-order valence-corrected chi connectivity index (χ2v) is 6.80. The Kier molecular flexibility index (Phi) is 2.78. The minimum absolute atomic E-state index is 0.402. The zero-order chi connectivity index (χ0) is 13.0. The van der Waals surface area contributed by atoms with Gasteiger partial charge >= 0.3 is 0 Å². The van der Waals surface area contributed by atoms with Gasteiger partial charge in [-0.15, -0.1) is 0 Å². The molecule has 1 N–H and O–H groups in total. The number of aliphatic hydroxyl groups is 1. The average molecular weight is 279 g/mol. The maximum Gasteiger partial charge on any atom is 0.128 e. The van der Waals surface area contributed by atoms with Crippen molar-refractivity contribution in [2.75, 3.05) is 6.61 Å². The highest BCUT2D eigenvalue weighted by Gasteiger charge is 2.44. The predicted octanol–water partition coefficient (Wildman–Crippen LogP) is 3.74. The molecule has 0 spiro atoms. The van der Waals surface area contributed by atoms with E-state index >= 15 is 0 Å².